The van der Waals surface area contributed by atoms with Gasteiger partial charge in [-0.1, -0.05) is 12.6 Å². The second kappa shape index (κ2) is 7.57. The molecule has 116 valence electrons. The number of rotatable bonds is 7. The molecule has 0 radical (unpaired) electrons. The summed E-state index contributed by atoms with van der Waals surface area (Å²) in [6, 6.07) is 4.08. The van der Waals surface area contributed by atoms with Gasteiger partial charge in [-0.05, 0) is 43.7 Å². The van der Waals surface area contributed by atoms with Crippen LogP contribution in [-0.4, -0.2) is 29.4 Å². The van der Waals surface area contributed by atoms with E-state index < -0.39 is 0 Å². The average molecular weight is 291 g/mol. The minimum Gasteiger partial charge on any atom is -0.513 e. The zero-order valence-electron chi connectivity index (χ0n) is 12.9. The van der Waals surface area contributed by atoms with Crippen molar-refractivity contribution < 1.29 is 14.6 Å². The Morgan fingerprint density at radius 3 is 2.86 bits per heavy atom. The van der Waals surface area contributed by atoms with E-state index in [9.17, 15) is 5.11 Å². The Bertz CT molecular complexity index is 450. The van der Waals surface area contributed by atoms with Crippen LogP contribution < -0.4 is 0 Å². The molecule has 0 amide bonds. The lowest BCUT2D eigenvalue weighted by molar-refractivity contribution is 0.0635. The van der Waals surface area contributed by atoms with Crippen LogP contribution in [0.4, 0.5) is 0 Å². The lowest BCUT2D eigenvalue weighted by Crippen LogP contribution is -2.14. The smallest absolute Gasteiger partial charge is 0.0891 e. The van der Waals surface area contributed by atoms with Crippen molar-refractivity contribution in [3.8, 4) is 0 Å². The van der Waals surface area contributed by atoms with Crippen LogP contribution in [0.3, 0.4) is 0 Å². The van der Waals surface area contributed by atoms with Gasteiger partial charge < -0.3 is 14.6 Å². The zero-order valence-corrected chi connectivity index (χ0v) is 12.9. The molecule has 2 rings (SSSR count). The summed E-state index contributed by atoms with van der Waals surface area (Å²) in [5.41, 5.74) is 2.06. The highest BCUT2D eigenvalue weighted by atomic mass is 16.5. The Balaban J connectivity index is 2.06. The molecule has 1 saturated heterocycles. The molecular weight excluding hydrogens is 266 g/mol. The fraction of sp³-hybridized carbons (Fsp3) is 0.588. The topological polar surface area (TPSA) is 51.6 Å². The van der Waals surface area contributed by atoms with Gasteiger partial charge in [0.25, 0.3) is 0 Å². The molecule has 1 fully saturated rings. The van der Waals surface area contributed by atoms with Gasteiger partial charge in [0.05, 0.1) is 30.8 Å². The number of pyridine rings is 1. The van der Waals surface area contributed by atoms with Crippen LogP contribution in [0, 0.1) is 5.92 Å². The maximum absolute atomic E-state index is 9.57. The van der Waals surface area contributed by atoms with Crippen LogP contribution in [0.1, 0.15) is 43.9 Å². The first-order valence-electron chi connectivity index (χ1n) is 7.57. The van der Waals surface area contributed by atoms with Crippen LogP contribution >= 0.6 is 0 Å². The number of nitrogens with zero attached hydrogens (tertiary/aromatic N) is 1. The van der Waals surface area contributed by atoms with Crippen molar-refractivity contribution in [2.24, 2.45) is 5.92 Å². The first-order chi connectivity index (χ1) is 10.1. The van der Waals surface area contributed by atoms with Crippen LogP contribution in [0.5, 0.6) is 0 Å². The molecule has 1 N–H and O–H groups in total. The van der Waals surface area contributed by atoms with Crippen LogP contribution in [0.25, 0.3) is 0 Å². The molecule has 0 saturated carbocycles. The number of aliphatic hydroxyl groups excluding tert-OH is 1. The summed E-state index contributed by atoms with van der Waals surface area (Å²) in [4.78, 5) is 4.47. The largest absolute Gasteiger partial charge is 0.513 e. The van der Waals surface area contributed by atoms with Crippen molar-refractivity contribution in [2.45, 2.75) is 45.3 Å². The maximum atomic E-state index is 9.57. The molecule has 1 aromatic rings. The van der Waals surface area contributed by atoms with E-state index in [-0.39, 0.29) is 17.8 Å². The Morgan fingerprint density at radius 2 is 2.33 bits per heavy atom. The van der Waals surface area contributed by atoms with Crippen molar-refractivity contribution in [3.63, 3.8) is 0 Å². The predicted molar refractivity (Wildman–Crippen MR) is 82.2 cm³/mol. The van der Waals surface area contributed by atoms with E-state index in [1.807, 2.05) is 26.1 Å². The molecule has 1 aromatic heterocycles. The predicted octanol–water partition coefficient (Wildman–Crippen LogP) is 3.59. The Hall–Kier alpha value is -1.39. The molecule has 21 heavy (non-hydrogen) atoms. The van der Waals surface area contributed by atoms with E-state index in [0.717, 1.165) is 30.9 Å². The van der Waals surface area contributed by atoms with Crippen LogP contribution in [0.15, 0.2) is 30.7 Å². The van der Waals surface area contributed by atoms with Crippen molar-refractivity contribution in [3.05, 3.63) is 41.9 Å². The SMILES string of the molecule is C=C(O)CC(c1ccc(COC(C)C)nc1)C1CCOC1. The average Bonchev–Trinajstić information content (AvgIpc) is 2.97. The third-order valence-electron chi connectivity index (χ3n) is 3.83. The molecule has 0 bridgehead atoms. The Morgan fingerprint density at radius 1 is 1.52 bits per heavy atom. The fourth-order valence-corrected chi connectivity index (χ4v) is 2.67. The fourth-order valence-electron chi connectivity index (χ4n) is 2.67. The summed E-state index contributed by atoms with van der Waals surface area (Å²) >= 11 is 0. The normalized spacial score (nSPS) is 19.9. The van der Waals surface area contributed by atoms with Gasteiger partial charge in [0.1, 0.15) is 0 Å². The number of hydrogen-bond acceptors (Lipinski definition) is 4. The van der Waals surface area contributed by atoms with Gasteiger partial charge in [0, 0.05) is 19.2 Å². The summed E-state index contributed by atoms with van der Waals surface area (Å²) in [6.45, 7) is 9.73. The number of allylic oxidation sites excluding steroid dienone is 1. The first-order valence-corrected chi connectivity index (χ1v) is 7.57. The van der Waals surface area contributed by atoms with Gasteiger partial charge in [-0.25, -0.2) is 0 Å². The molecule has 4 nitrogen and oxygen atoms in total. The number of ether oxygens (including phenoxy) is 2. The molecule has 2 unspecified atom stereocenters. The third-order valence-corrected chi connectivity index (χ3v) is 3.83. The molecule has 0 aromatic carbocycles. The van der Waals surface area contributed by atoms with E-state index in [2.05, 4.69) is 17.6 Å². The quantitative estimate of drug-likeness (QED) is 0.780. The highest BCUT2D eigenvalue weighted by Gasteiger charge is 2.27. The van der Waals surface area contributed by atoms with Gasteiger partial charge in [-0.2, -0.15) is 0 Å². The number of aliphatic hydroxyl groups is 1. The van der Waals surface area contributed by atoms with Crippen LogP contribution in [-0.2, 0) is 16.1 Å². The molecule has 1 aliphatic rings. The van der Waals surface area contributed by atoms with Gasteiger partial charge >= 0.3 is 0 Å². The van der Waals surface area contributed by atoms with Crippen molar-refractivity contribution in [1.29, 1.82) is 0 Å². The highest BCUT2D eigenvalue weighted by molar-refractivity contribution is 5.21. The van der Waals surface area contributed by atoms with Crippen molar-refractivity contribution in [2.75, 3.05) is 13.2 Å². The second-order valence-corrected chi connectivity index (χ2v) is 5.94. The Kier molecular flexibility index (Phi) is 5.76. The van der Waals surface area contributed by atoms with E-state index in [1.54, 1.807) is 0 Å². The lowest BCUT2D eigenvalue weighted by Gasteiger charge is -2.22. The summed E-state index contributed by atoms with van der Waals surface area (Å²) in [7, 11) is 0. The summed E-state index contributed by atoms with van der Waals surface area (Å²) in [5.74, 6) is 0.866. The molecule has 0 spiro atoms. The standard InChI is InChI=1S/C17H25NO3/c1-12(2)21-11-16-5-4-14(9-18-16)17(8-13(3)19)15-6-7-20-10-15/h4-5,9,12,15,17,19H,3,6-8,10-11H2,1-2H3. The monoisotopic (exact) mass is 291 g/mol. The number of hydrogen-bond donors (Lipinski definition) is 1. The summed E-state index contributed by atoms with van der Waals surface area (Å²) in [6.07, 6.45) is 3.69. The zero-order chi connectivity index (χ0) is 15.2. The van der Waals surface area contributed by atoms with E-state index >= 15 is 0 Å². The summed E-state index contributed by atoms with van der Waals surface area (Å²) in [5, 5.41) is 9.57. The molecule has 2 heterocycles. The first kappa shape index (κ1) is 16.0. The van der Waals surface area contributed by atoms with Gasteiger partial charge in [-0.3, -0.25) is 4.98 Å². The van der Waals surface area contributed by atoms with Gasteiger partial charge in [0.15, 0.2) is 0 Å². The van der Waals surface area contributed by atoms with Gasteiger partial charge in [-0.15, -0.1) is 0 Å². The lowest BCUT2D eigenvalue weighted by atomic mass is 9.83. The molecule has 1 aliphatic heterocycles. The Labute approximate surface area is 126 Å². The molecule has 0 aliphatic carbocycles. The van der Waals surface area contributed by atoms with E-state index in [0.29, 0.717) is 18.9 Å². The third kappa shape index (κ3) is 4.83. The molecule has 4 heteroatoms. The van der Waals surface area contributed by atoms with Crippen molar-refractivity contribution in [1.82, 2.24) is 4.98 Å². The minimum atomic E-state index is 0.201. The molecular formula is C17H25NO3. The molecule has 2 atom stereocenters. The van der Waals surface area contributed by atoms with Crippen LogP contribution in [0.2, 0.25) is 0 Å². The van der Waals surface area contributed by atoms with E-state index in [1.165, 1.54) is 0 Å². The maximum Gasteiger partial charge on any atom is 0.0891 e. The highest BCUT2D eigenvalue weighted by Crippen LogP contribution is 2.34. The van der Waals surface area contributed by atoms with E-state index in [4.69, 9.17) is 9.47 Å². The minimum absolute atomic E-state index is 0.201. The number of aromatic nitrogens is 1. The van der Waals surface area contributed by atoms with Crippen molar-refractivity contribution >= 4 is 0 Å². The van der Waals surface area contributed by atoms with Gasteiger partial charge in [0.2, 0.25) is 0 Å². The summed E-state index contributed by atoms with van der Waals surface area (Å²) < 4.78 is 11.0. The second-order valence-electron chi connectivity index (χ2n) is 5.94.